The summed E-state index contributed by atoms with van der Waals surface area (Å²) < 4.78 is 43.4. The average Bonchev–Trinajstić information content (AvgIpc) is 2.72. The quantitative estimate of drug-likeness (QED) is 0.836. The Morgan fingerprint density at radius 3 is 2.71 bits per heavy atom. The van der Waals surface area contributed by atoms with E-state index in [0.29, 0.717) is 26.1 Å². The van der Waals surface area contributed by atoms with E-state index < -0.39 is 11.7 Å². The molecule has 1 aromatic rings. The fourth-order valence-electron chi connectivity index (χ4n) is 1.41. The van der Waals surface area contributed by atoms with Crippen molar-refractivity contribution in [2.75, 3.05) is 13.2 Å². The van der Waals surface area contributed by atoms with Gasteiger partial charge in [-0.25, -0.2) is 0 Å². The summed E-state index contributed by atoms with van der Waals surface area (Å²) in [5.74, 6) is 0. The van der Waals surface area contributed by atoms with Crippen LogP contribution in [0, 0.1) is 0 Å². The molecule has 0 bridgehead atoms. The predicted octanol–water partition coefficient (Wildman–Crippen LogP) is 1.66. The van der Waals surface area contributed by atoms with E-state index in [-0.39, 0.29) is 6.10 Å². The van der Waals surface area contributed by atoms with Gasteiger partial charge in [0.2, 0.25) is 0 Å². The first-order chi connectivity index (χ1) is 7.97. The Hall–Kier alpha value is -1.08. The Bertz CT molecular complexity index is 338. The maximum Gasteiger partial charge on any atom is 0.419 e. The second-order valence-corrected chi connectivity index (χ2v) is 3.59. The highest BCUT2D eigenvalue weighted by Crippen LogP contribution is 2.28. The van der Waals surface area contributed by atoms with Crippen molar-refractivity contribution < 1.29 is 17.9 Å². The van der Waals surface area contributed by atoms with Crippen molar-refractivity contribution in [1.82, 2.24) is 9.78 Å². The van der Waals surface area contributed by atoms with E-state index in [1.165, 1.54) is 4.68 Å². The number of aromatic nitrogens is 2. The minimum atomic E-state index is -4.34. The number of nitrogens with zero attached hydrogens (tertiary/aromatic N) is 2. The van der Waals surface area contributed by atoms with Gasteiger partial charge in [0.1, 0.15) is 0 Å². The zero-order chi connectivity index (χ0) is 12.9. The van der Waals surface area contributed by atoms with Crippen LogP contribution in [0.1, 0.15) is 18.9 Å². The van der Waals surface area contributed by atoms with Gasteiger partial charge < -0.3 is 10.5 Å². The summed E-state index contributed by atoms with van der Waals surface area (Å²) >= 11 is 0. The van der Waals surface area contributed by atoms with Gasteiger partial charge >= 0.3 is 6.18 Å². The summed E-state index contributed by atoms with van der Waals surface area (Å²) in [4.78, 5) is 0. The Balaban J connectivity index is 2.49. The number of halogens is 3. The molecule has 0 saturated heterocycles. The Kier molecular flexibility index (Phi) is 4.95. The number of alkyl halides is 3. The van der Waals surface area contributed by atoms with Gasteiger partial charge in [-0.15, -0.1) is 0 Å². The lowest BCUT2D eigenvalue weighted by atomic mass is 10.2. The van der Waals surface area contributed by atoms with E-state index in [4.69, 9.17) is 10.5 Å². The van der Waals surface area contributed by atoms with Gasteiger partial charge in [-0.3, -0.25) is 4.68 Å². The number of aryl methyl sites for hydroxylation is 1. The van der Waals surface area contributed by atoms with Crippen molar-refractivity contribution in [2.24, 2.45) is 5.73 Å². The van der Waals surface area contributed by atoms with Crippen molar-refractivity contribution in [3.05, 3.63) is 18.0 Å². The standard InChI is InChI=1S/C10H16F3N3O/c1-2-17-9(5-14)3-4-16-7-8(6-15-16)10(11,12)13/h6-7,9H,2-5,14H2,1H3. The topological polar surface area (TPSA) is 53.1 Å². The van der Waals surface area contributed by atoms with Gasteiger partial charge in [-0.05, 0) is 13.3 Å². The molecule has 0 radical (unpaired) electrons. The molecule has 0 aromatic carbocycles. The summed E-state index contributed by atoms with van der Waals surface area (Å²) in [6, 6.07) is 0. The molecule has 2 N–H and O–H groups in total. The van der Waals surface area contributed by atoms with E-state index in [1.54, 1.807) is 0 Å². The molecule has 0 aliphatic rings. The average molecular weight is 251 g/mol. The number of nitrogens with two attached hydrogens (primary N) is 1. The number of hydrogen-bond acceptors (Lipinski definition) is 3. The fourth-order valence-corrected chi connectivity index (χ4v) is 1.41. The molecule has 0 saturated carbocycles. The molecule has 7 heteroatoms. The smallest absolute Gasteiger partial charge is 0.377 e. The molecule has 0 amide bonds. The third kappa shape index (κ3) is 4.35. The number of hydrogen-bond donors (Lipinski definition) is 1. The molecule has 1 aromatic heterocycles. The summed E-state index contributed by atoms with van der Waals surface area (Å²) in [5, 5.41) is 3.65. The van der Waals surface area contributed by atoms with Crippen LogP contribution in [0.5, 0.6) is 0 Å². The van der Waals surface area contributed by atoms with E-state index in [9.17, 15) is 13.2 Å². The van der Waals surface area contributed by atoms with Crippen LogP contribution in [-0.2, 0) is 17.5 Å². The fraction of sp³-hybridized carbons (Fsp3) is 0.700. The van der Waals surface area contributed by atoms with Crippen LogP contribution in [-0.4, -0.2) is 29.0 Å². The van der Waals surface area contributed by atoms with Crippen LogP contribution in [0.25, 0.3) is 0 Å². The minimum Gasteiger partial charge on any atom is -0.377 e. The van der Waals surface area contributed by atoms with Gasteiger partial charge in [0.25, 0.3) is 0 Å². The maximum absolute atomic E-state index is 12.3. The molecule has 1 unspecified atom stereocenters. The molecule has 1 atom stereocenters. The van der Waals surface area contributed by atoms with Crippen LogP contribution in [0.2, 0.25) is 0 Å². The van der Waals surface area contributed by atoms with Gasteiger partial charge in [0, 0.05) is 25.9 Å². The first-order valence-corrected chi connectivity index (χ1v) is 5.38. The molecule has 4 nitrogen and oxygen atoms in total. The lowest BCUT2D eigenvalue weighted by Gasteiger charge is -2.14. The van der Waals surface area contributed by atoms with E-state index in [2.05, 4.69) is 5.10 Å². The highest BCUT2D eigenvalue weighted by molar-refractivity contribution is 5.08. The largest absolute Gasteiger partial charge is 0.419 e. The first kappa shape index (κ1) is 14.0. The van der Waals surface area contributed by atoms with Crippen LogP contribution in [0.4, 0.5) is 13.2 Å². The molecule has 1 heterocycles. The second-order valence-electron chi connectivity index (χ2n) is 3.59. The molecule has 1 rings (SSSR count). The predicted molar refractivity (Wildman–Crippen MR) is 56.3 cm³/mol. The molecule has 0 spiro atoms. The summed E-state index contributed by atoms with van der Waals surface area (Å²) in [6.45, 7) is 3.09. The Labute approximate surface area is 97.5 Å². The summed E-state index contributed by atoms with van der Waals surface area (Å²) in [6.07, 6.45) is -2.13. The van der Waals surface area contributed by atoms with Gasteiger partial charge in [-0.2, -0.15) is 18.3 Å². The third-order valence-corrected chi connectivity index (χ3v) is 2.31. The van der Waals surface area contributed by atoms with Crippen molar-refractivity contribution in [3.8, 4) is 0 Å². The molecular formula is C10H16F3N3O. The summed E-state index contributed by atoms with van der Waals surface area (Å²) in [5.41, 5.74) is 4.73. The van der Waals surface area contributed by atoms with E-state index in [1.807, 2.05) is 6.92 Å². The molecular weight excluding hydrogens is 235 g/mol. The maximum atomic E-state index is 12.3. The zero-order valence-corrected chi connectivity index (χ0v) is 9.57. The van der Waals surface area contributed by atoms with Crippen molar-refractivity contribution in [1.29, 1.82) is 0 Å². The normalized spacial score (nSPS) is 13.9. The number of rotatable bonds is 6. The van der Waals surface area contributed by atoms with E-state index >= 15 is 0 Å². The Morgan fingerprint density at radius 2 is 2.24 bits per heavy atom. The van der Waals surface area contributed by atoms with Gasteiger partial charge in [0.15, 0.2) is 0 Å². The zero-order valence-electron chi connectivity index (χ0n) is 9.57. The highest BCUT2D eigenvalue weighted by Gasteiger charge is 2.32. The Morgan fingerprint density at radius 1 is 1.53 bits per heavy atom. The van der Waals surface area contributed by atoms with Crippen molar-refractivity contribution in [2.45, 2.75) is 32.2 Å². The lowest BCUT2D eigenvalue weighted by Crippen LogP contribution is -2.25. The molecule has 0 aliphatic carbocycles. The minimum absolute atomic E-state index is 0.140. The van der Waals surface area contributed by atoms with Crippen molar-refractivity contribution >= 4 is 0 Å². The second kappa shape index (κ2) is 6.02. The number of ether oxygens (including phenoxy) is 1. The van der Waals surface area contributed by atoms with Gasteiger partial charge in [0.05, 0.1) is 17.9 Å². The molecule has 0 aliphatic heterocycles. The van der Waals surface area contributed by atoms with Crippen LogP contribution in [0.3, 0.4) is 0 Å². The van der Waals surface area contributed by atoms with Gasteiger partial charge in [-0.1, -0.05) is 0 Å². The van der Waals surface area contributed by atoms with Crippen LogP contribution >= 0.6 is 0 Å². The highest BCUT2D eigenvalue weighted by atomic mass is 19.4. The molecule has 98 valence electrons. The monoisotopic (exact) mass is 251 g/mol. The van der Waals surface area contributed by atoms with Crippen LogP contribution < -0.4 is 5.73 Å². The van der Waals surface area contributed by atoms with Crippen molar-refractivity contribution in [3.63, 3.8) is 0 Å². The molecule has 17 heavy (non-hydrogen) atoms. The summed E-state index contributed by atoms with van der Waals surface area (Å²) in [7, 11) is 0. The first-order valence-electron chi connectivity index (χ1n) is 5.38. The molecule has 0 fully saturated rings. The van der Waals surface area contributed by atoms with Crippen LogP contribution in [0.15, 0.2) is 12.4 Å². The lowest BCUT2D eigenvalue weighted by molar-refractivity contribution is -0.137. The third-order valence-electron chi connectivity index (χ3n) is 2.31. The van der Waals surface area contributed by atoms with E-state index in [0.717, 1.165) is 12.4 Å². The SMILES string of the molecule is CCOC(CN)CCn1cc(C(F)(F)F)cn1.